The topological polar surface area (TPSA) is 12.0 Å². The highest BCUT2D eigenvalue weighted by atomic mass is 32.2. The third-order valence-corrected chi connectivity index (χ3v) is 7.05. The van der Waals surface area contributed by atoms with Crippen LogP contribution in [0.5, 0.6) is 0 Å². The normalized spacial score (nSPS) is 10.9. The molecule has 0 unspecified atom stereocenters. The predicted molar refractivity (Wildman–Crippen MR) is 110 cm³/mol. The van der Waals surface area contributed by atoms with Crippen LogP contribution in [-0.2, 0) is 5.75 Å². The summed E-state index contributed by atoms with van der Waals surface area (Å²) in [5, 5.41) is 6.50. The van der Waals surface area contributed by atoms with Crippen molar-refractivity contribution in [2.45, 2.75) is 5.75 Å². The Morgan fingerprint density at radius 2 is 1.17 bits per heavy atom. The van der Waals surface area contributed by atoms with Gasteiger partial charge in [-0.2, -0.15) is 0 Å². The fraction of sp³-hybridized carbons (Fsp3) is 0.143. The number of rotatable bonds is 8. The molecule has 0 heterocycles. The number of thioether (sulfide) groups is 1. The van der Waals surface area contributed by atoms with Crippen molar-refractivity contribution in [2.75, 3.05) is 12.2 Å². The lowest BCUT2D eigenvalue weighted by atomic mass is 10.2. The van der Waals surface area contributed by atoms with Crippen molar-refractivity contribution in [1.82, 2.24) is 5.32 Å². The van der Waals surface area contributed by atoms with E-state index in [4.69, 9.17) is 0 Å². The largest absolute Gasteiger partial charge is 0.303 e. The van der Waals surface area contributed by atoms with E-state index in [0.29, 0.717) is 0 Å². The van der Waals surface area contributed by atoms with Gasteiger partial charge in [-0.05, 0) is 24.1 Å². The van der Waals surface area contributed by atoms with E-state index in [1.807, 2.05) is 11.8 Å². The number of hydrogen-bond acceptors (Lipinski definition) is 2. The minimum atomic E-state index is -0.346. The van der Waals surface area contributed by atoms with Gasteiger partial charge in [0.1, 0.15) is 0 Å². The average Bonchev–Trinajstić information content (AvgIpc) is 2.67. The molecule has 24 heavy (non-hydrogen) atoms. The first-order valence-corrected chi connectivity index (χ1v) is 10.8. The Balaban J connectivity index is 1.55. The average molecular weight is 351 g/mol. The van der Waals surface area contributed by atoms with Crippen molar-refractivity contribution < 1.29 is 0 Å². The maximum Gasteiger partial charge on any atom is 0.0424 e. The molecule has 1 nitrogen and oxygen atoms in total. The van der Waals surface area contributed by atoms with E-state index in [0.717, 1.165) is 17.9 Å². The quantitative estimate of drug-likeness (QED) is 0.363. The summed E-state index contributed by atoms with van der Waals surface area (Å²) in [5.41, 5.74) is 1.39. The van der Waals surface area contributed by atoms with E-state index in [1.165, 1.54) is 16.2 Å². The zero-order chi connectivity index (χ0) is 16.5. The van der Waals surface area contributed by atoms with E-state index in [1.54, 1.807) is 0 Å². The van der Waals surface area contributed by atoms with Crippen LogP contribution in [0.1, 0.15) is 5.56 Å². The first kappa shape index (κ1) is 17.2. The molecule has 0 saturated heterocycles. The first-order valence-electron chi connectivity index (χ1n) is 8.13. The Hall–Kier alpha value is -1.60. The van der Waals surface area contributed by atoms with Crippen LogP contribution in [0.4, 0.5) is 0 Å². The van der Waals surface area contributed by atoms with Gasteiger partial charge in [-0.1, -0.05) is 91.0 Å². The van der Waals surface area contributed by atoms with Gasteiger partial charge in [0.15, 0.2) is 0 Å². The molecule has 0 fully saturated rings. The smallest absolute Gasteiger partial charge is 0.0424 e. The van der Waals surface area contributed by atoms with Crippen LogP contribution in [-0.4, -0.2) is 12.2 Å². The van der Waals surface area contributed by atoms with Crippen LogP contribution in [0.3, 0.4) is 0 Å². The van der Waals surface area contributed by atoms with Gasteiger partial charge < -0.3 is 5.32 Å². The van der Waals surface area contributed by atoms with Crippen molar-refractivity contribution >= 4 is 30.3 Å². The molecule has 0 amide bonds. The zero-order valence-corrected chi connectivity index (χ0v) is 15.3. The summed E-state index contributed by atoms with van der Waals surface area (Å²) >= 11 is 1.94. The second kappa shape index (κ2) is 9.64. The van der Waals surface area contributed by atoms with Gasteiger partial charge in [0.2, 0.25) is 0 Å². The predicted octanol–water partition coefficient (Wildman–Crippen LogP) is 4.56. The summed E-state index contributed by atoms with van der Waals surface area (Å²) in [7, 11) is -0.346. The second-order valence-corrected chi connectivity index (χ2v) is 8.68. The molecule has 3 aromatic carbocycles. The zero-order valence-electron chi connectivity index (χ0n) is 13.6. The minimum Gasteiger partial charge on any atom is -0.303 e. The van der Waals surface area contributed by atoms with E-state index < -0.39 is 0 Å². The highest BCUT2D eigenvalue weighted by Crippen LogP contribution is 2.31. The van der Waals surface area contributed by atoms with Crippen LogP contribution in [0.25, 0.3) is 0 Å². The second-order valence-electron chi connectivity index (χ2n) is 5.49. The summed E-state index contributed by atoms with van der Waals surface area (Å²) < 4.78 is 0. The molecule has 0 aliphatic heterocycles. The van der Waals surface area contributed by atoms with Gasteiger partial charge in [0, 0.05) is 17.9 Å². The molecule has 0 atom stereocenters. The summed E-state index contributed by atoms with van der Waals surface area (Å²) in [5.74, 6) is 2.04. The fourth-order valence-corrected chi connectivity index (χ4v) is 5.51. The maximum atomic E-state index is 3.64. The van der Waals surface area contributed by atoms with Gasteiger partial charge in [-0.25, -0.2) is 0 Å². The first-order chi connectivity index (χ1) is 11.9. The molecule has 3 rings (SSSR count). The summed E-state index contributed by atoms with van der Waals surface area (Å²) in [4.78, 5) is 0. The van der Waals surface area contributed by atoms with Crippen LogP contribution < -0.4 is 15.9 Å². The van der Waals surface area contributed by atoms with Crippen molar-refractivity contribution in [2.24, 2.45) is 0 Å². The van der Waals surface area contributed by atoms with Crippen LogP contribution in [0.2, 0.25) is 0 Å². The Labute approximate surface area is 150 Å². The Morgan fingerprint density at radius 3 is 1.71 bits per heavy atom. The van der Waals surface area contributed by atoms with Gasteiger partial charge in [-0.15, -0.1) is 11.8 Å². The van der Waals surface area contributed by atoms with Gasteiger partial charge in [-0.3, -0.25) is 0 Å². The van der Waals surface area contributed by atoms with E-state index in [-0.39, 0.29) is 7.92 Å². The molecule has 0 bridgehead atoms. The van der Waals surface area contributed by atoms with Crippen molar-refractivity contribution in [3.8, 4) is 0 Å². The number of hydrogen-bond donors (Lipinski definition) is 1. The monoisotopic (exact) mass is 351 g/mol. The van der Waals surface area contributed by atoms with E-state index in [2.05, 4.69) is 96.3 Å². The lowest BCUT2D eigenvalue weighted by molar-refractivity contribution is 0.943. The van der Waals surface area contributed by atoms with Crippen LogP contribution in [0, 0.1) is 0 Å². The third-order valence-electron chi connectivity index (χ3n) is 3.72. The third kappa shape index (κ3) is 5.21. The molecule has 3 aromatic rings. The molecule has 122 valence electrons. The molecule has 0 aliphatic carbocycles. The number of nitrogens with one attached hydrogen (secondary N) is 1. The molecule has 0 radical (unpaired) electrons. The number of benzene rings is 3. The highest BCUT2D eigenvalue weighted by molar-refractivity contribution is 7.98. The molecular weight excluding hydrogens is 329 g/mol. The standard InChI is InChI=1S/C21H22NPS/c1-4-10-19(11-5-1)16-24-18-22-17-23(20-12-6-2-7-13-20)21-14-8-3-9-15-21/h1-15,22H,16-18H2. The van der Waals surface area contributed by atoms with Gasteiger partial charge >= 0.3 is 0 Å². The molecular formula is C21H22NPS. The fourth-order valence-electron chi connectivity index (χ4n) is 2.52. The summed E-state index contributed by atoms with van der Waals surface area (Å²) in [6.45, 7) is 0. The Bertz CT molecular complexity index is 664. The van der Waals surface area contributed by atoms with Gasteiger partial charge in [0.05, 0.1) is 0 Å². The highest BCUT2D eigenvalue weighted by Gasteiger charge is 2.12. The molecule has 1 N–H and O–H groups in total. The Kier molecular flexibility index (Phi) is 6.92. The van der Waals surface area contributed by atoms with Crippen LogP contribution in [0.15, 0.2) is 91.0 Å². The van der Waals surface area contributed by atoms with E-state index in [9.17, 15) is 0 Å². The van der Waals surface area contributed by atoms with Crippen LogP contribution >= 0.6 is 19.7 Å². The minimum absolute atomic E-state index is 0.346. The maximum absolute atomic E-state index is 3.64. The van der Waals surface area contributed by atoms with Crippen molar-refractivity contribution in [3.05, 3.63) is 96.6 Å². The molecule has 0 aliphatic rings. The molecule has 3 heteroatoms. The molecule has 0 saturated carbocycles. The van der Waals surface area contributed by atoms with E-state index >= 15 is 0 Å². The molecule has 0 aromatic heterocycles. The molecule has 0 spiro atoms. The SMILES string of the molecule is c1ccc(CSCNCP(c2ccccc2)c2ccccc2)cc1. The lowest BCUT2D eigenvalue weighted by Crippen LogP contribution is -2.22. The van der Waals surface area contributed by atoms with Gasteiger partial charge in [0.25, 0.3) is 0 Å². The lowest BCUT2D eigenvalue weighted by Gasteiger charge is -2.19. The van der Waals surface area contributed by atoms with Crippen molar-refractivity contribution in [1.29, 1.82) is 0 Å². The summed E-state index contributed by atoms with van der Waals surface area (Å²) in [6, 6.07) is 32.4. The Morgan fingerprint density at radius 1 is 0.667 bits per heavy atom. The summed E-state index contributed by atoms with van der Waals surface area (Å²) in [6.07, 6.45) is 1.02. The van der Waals surface area contributed by atoms with Crippen molar-refractivity contribution in [3.63, 3.8) is 0 Å².